The van der Waals surface area contributed by atoms with Gasteiger partial charge >= 0.3 is 12.1 Å². The highest BCUT2D eigenvalue weighted by molar-refractivity contribution is 5.90. The minimum atomic E-state index is -1.32. The van der Waals surface area contributed by atoms with Crippen LogP contribution in [0.3, 0.4) is 0 Å². The minimum Gasteiger partial charge on any atom is -0.481 e. The van der Waals surface area contributed by atoms with Gasteiger partial charge in [-0.05, 0) is 35.6 Å². The van der Waals surface area contributed by atoms with Gasteiger partial charge in [-0.1, -0.05) is 61.4 Å². The van der Waals surface area contributed by atoms with Crippen LogP contribution in [0.1, 0.15) is 43.7 Å². The Morgan fingerprint density at radius 1 is 1.12 bits per heavy atom. The van der Waals surface area contributed by atoms with E-state index >= 15 is 0 Å². The molecule has 0 bridgehead atoms. The summed E-state index contributed by atoms with van der Waals surface area (Å²) in [6.45, 7) is 3.50. The Hall–Kier alpha value is -3.79. The molecule has 2 atom stereocenters. The lowest BCUT2D eigenvalue weighted by atomic mass is 9.98. The number of benzene rings is 2. The van der Waals surface area contributed by atoms with Crippen molar-refractivity contribution >= 4 is 18.0 Å². The molecule has 0 fully saturated rings. The third kappa shape index (κ3) is 4.92. The fourth-order valence-corrected chi connectivity index (χ4v) is 3.75. The lowest BCUT2D eigenvalue weighted by Crippen LogP contribution is -2.54. The number of carbonyl (C=O) groups is 3. The van der Waals surface area contributed by atoms with Crippen molar-refractivity contribution in [3.63, 3.8) is 0 Å². The monoisotopic (exact) mass is 434 g/mol. The SMILES string of the molecule is C#CC(C)(CC)NC(=O)C(CC(=O)O)NC(=O)OCC1c2ccccc2-c2ccccc21. The summed E-state index contributed by atoms with van der Waals surface area (Å²) in [5, 5.41) is 14.2. The molecule has 2 amide bonds. The summed E-state index contributed by atoms with van der Waals surface area (Å²) in [4.78, 5) is 36.3. The van der Waals surface area contributed by atoms with Gasteiger partial charge in [0.25, 0.3) is 0 Å². The number of alkyl carbamates (subject to hydrolysis) is 1. The number of carboxylic acids is 1. The molecule has 7 heteroatoms. The van der Waals surface area contributed by atoms with E-state index in [1.165, 1.54) is 0 Å². The van der Waals surface area contributed by atoms with Crippen LogP contribution in [0.5, 0.6) is 0 Å². The molecule has 0 saturated carbocycles. The maximum atomic E-state index is 12.6. The number of carboxylic acid groups (broad SMARTS) is 1. The molecule has 0 heterocycles. The Morgan fingerprint density at radius 3 is 2.19 bits per heavy atom. The molecule has 166 valence electrons. The molecule has 0 saturated heterocycles. The molecule has 7 nitrogen and oxygen atoms in total. The zero-order valence-corrected chi connectivity index (χ0v) is 18.1. The van der Waals surface area contributed by atoms with E-state index in [0.717, 1.165) is 22.3 Å². The van der Waals surface area contributed by atoms with Gasteiger partial charge in [-0.3, -0.25) is 9.59 Å². The van der Waals surface area contributed by atoms with Crippen LogP contribution in [0.4, 0.5) is 4.79 Å². The Balaban J connectivity index is 1.69. The molecule has 0 spiro atoms. The number of fused-ring (bicyclic) bond motifs is 3. The second-order valence-electron chi connectivity index (χ2n) is 7.94. The lowest BCUT2D eigenvalue weighted by molar-refractivity contribution is -0.140. The highest BCUT2D eigenvalue weighted by Gasteiger charge is 2.32. The van der Waals surface area contributed by atoms with Gasteiger partial charge in [0.15, 0.2) is 0 Å². The predicted octanol–water partition coefficient (Wildman–Crippen LogP) is 3.29. The van der Waals surface area contributed by atoms with Crippen molar-refractivity contribution in [3.8, 4) is 23.5 Å². The van der Waals surface area contributed by atoms with Crippen LogP contribution >= 0.6 is 0 Å². The number of ether oxygens (including phenoxy) is 1. The van der Waals surface area contributed by atoms with Gasteiger partial charge in [0.05, 0.1) is 12.0 Å². The van der Waals surface area contributed by atoms with Crippen molar-refractivity contribution in [3.05, 3.63) is 59.7 Å². The van der Waals surface area contributed by atoms with Crippen LogP contribution in [0.25, 0.3) is 11.1 Å². The number of terminal acetylenes is 1. The molecule has 0 aliphatic heterocycles. The quantitative estimate of drug-likeness (QED) is 0.553. The number of aliphatic carboxylic acids is 1. The molecule has 1 aliphatic carbocycles. The normalized spacial score (nSPS) is 14.8. The summed E-state index contributed by atoms with van der Waals surface area (Å²) in [7, 11) is 0. The van der Waals surface area contributed by atoms with Crippen molar-refractivity contribution < 1.29 is 24.2 Å². The van der Waals surface area contributed by atoms with E-state index in [4.69, 9.17) is 16.3 Å². The third-order valence-corrected chi connectivity index (χ3v) is 5.76. The molecule has 3 rings (SSSR count). The first-order valence-electron chi connectivity index (χ1n) is 10.4. The third-order valence-electron chi connectivity index (χ3n) is 5.76. The molecule has 0 radical (unpaired) electrons. The highest BCUT2D eigenvalue weighted by atomic mass is 16.5. The highest BCUT2D eigenvalue weighted by Crippen LogP contribution is 2.44. The van der Waals surface area contributed by atoms with Crippen molar-refractivity contribution in [2.45, 2.75) is 44.2 Å². The van der Waals surface area contributed by atoms with Gasteiger partial charge in [0, 0.05) is 5.92 Å². The van der Waals surface area contributed by atoms with Crippen LogP contribution in [0.15, 0.2) is 48.5 Å². The number of carbonyl (C=O) groups excluding carboxylic acids is 2. The first kappa shape index (κ1) is 22.9. The summed E-state index contributed by atoms with van der Waals surface area (Å²) in [5.74, 6) is 0.419. The lowest BCUT2D eigenvalue weighted by Gasteiger charge is -2.26. The second-order valence-corrected chi connectivity index (χ2v) is 7.94. The zero-order chi connectivity index (χ0) is 23.3. The summed E-state index contributed by atoms with van der Waals surface area (Å²) in [6, 6.07) is 14.5. The summed E-state index contributed by atoms with van der Waals surface area (Å²) >= 11 is 0. The second kappa shape index (κ2) is 9.56. The molecular weight excluding hydrogens is 408 g/mol. The first-order valence-corrected chi connectivity index (χ1v) is 10.4. The molecule has 3 N–H and O–H groups in total. The topological polar surface area (TPSA) is 105 Å². The van der Waals surface area contributed by atoms with Crippen molar-refractivity contribution in [2.24, 2.45) is 0 Å². The maximum Gasteiger partial charge on any atom is 0.407 e. The molecular formula is C25H26N2O5. The smallest absolute Gasteiger partial charge is 0.407 e. The Bertz CT molecular complexity index is 1030. The zero-order valence-electron chi connectivity index (χ0n) is 18.1. The number of hydrogen-bond acceptors (Lipinski definition) is 4. The Labute approximate surface area is 187 Å². The maximum absolute atomic E-state index is 12.6. The van der Waals surface area contributed by atoms with Gasteiger partial charge < -0.3 is 20.5 Å². The van der Waals surface area contributed by atoms with E-state index in [1.54, 1.807) is 13.8 Å². The molecule has 1 aliphatic rings. The van der Waals surface area contributed by atoms with Gasteiger partial charge in [-0.2, -0.15) is 0 Å². The van der Waals surface area contributed by atoms with Crippen molar-refractivity contribution in [1.82, 2.24) is 10.6 Å². The van der Waals surface area contributed by atoms with Gasteiger partial charge in [-0.15, -0.1) is 6.42 Å². The molecule has 2 aromatic rings. The summed E-state index contributed by atoms with van der Waals surface area (Å²) in [6.07, 6.45) is 4.45. The fourth-order valence-electron chi connectivity index (χ4n) is 3.75. The molecule has 32 heavy (non-hydrogen) atoms. The van der Waals surface area contributed by atoms with E-state index in [2.05, 4.69) is 16.6 Å². The minimum absolute atomic E-state index is 0.0539. The number of nitrogens with one attached hydrogen (secondary N) is 2. The Kier molecular flexibility index (Phi) is 6.84. The van der Waals surface area contributed by atoms with E-state index < -0.39 is 36.0 Å². The Morgan fingerprint density at radius 2 is 1.69 bits per heavy atom. The van der Waals surface area contributed by atoms with E-state index in [9.17, 15) is 14.4 Å². The predicted molar refractivity (Wildman–Crippen MR) is 120 cm³/mol. The standard InChI is InChI=1S/C25H26N2O5/c1-4-25(3,5-2)27-23(30)21(14-22(28)29)26-24(31)32-15-20-18-12-8-6-10-16(18)17-11-7-9-13-19(17)20/h1,6-13,20-21H,5,14-15H2,2-3H3,(H,26,31)(H,27,30)(H,28,29). The average Bonchev–Trinajstić information content (AvgIpc) is 3.10. The van der Waals surface area contributed by atoms with E-state index in [0.29, 0.717) is 6.42 Å². The van der Waals surface area contributed by atoms with Crippen molar-refractivity contribution in [2.75, 3.05) is 6.61 Å². The van der Waals surface area contributed by atoms with Crippen molar-refractivity contribution in [1.29, 1.82) is 0 Å². The van der Waals surface area contributed by atoms with Gasteiger partial charge in [-0.25, -0.2) is 4.79 Å². The van der Waals surface area contributed by atoms with E-state index in [1.807, 2.05) is 48.5 Å². The van der Waals surface area contributed by atoms with Crippen LogP contribution in [0, 0.1) is 12.3 Å². The first-order chi connectivity index (χ1) is 15.3. The fraction of sp³-hybridized carbons (Fsp3) is 0.320. The van der Waals surface area contributed by atoms with E-state index in [-0.39, 0.29) is 12.5 Å². The number of amides is 2. The van der Waals surface area contributed by atoms with Gasteiger partial charge in [0.2, 0.25) is 5.91 Å². The average molecular weight is 434 g/mol. The van der Waals surface area contributed by atoms with Crippen LogP contribution in [0.2, 0.25) is 0 Å². The molecule has 0 aromatic heterocycles. The van der Waals surface area contributed by atoms with Crippen LogP contribution in [-0.2, 0) is 14.3 Å². The summed E-state index contributed by atoms with van der Waals surface area (Å²) < 4.78 is 5.42. The van der Waals surface area contributed by atoms with Crippen LogP contribution < -0.4 is 10.6 Å². The molecule has 2 unspecified atom stereocenters. The number of rotatable bonds is 8. The largest absolute Gasteiger partial charge is 0.481 e. The van der Waals surface area contributed by atoms with Crippen LogP contribution in [-0.4, -0.2) is 41.3 Å². The van der Waals surface area contributed by atoms with Gasteiger partial charge in [0.1, 0.15) is 12.6 Å². The number of hydrogen-bond donors (Lipinski definition) is 3. The summed E-state index contributed by atoms with van der Waals surface area (Å²) in [5.41, 5.74) is 3.33. The molecule has 2 aromatic carbocycles.